The summed E-state index contributed by atoms with van der Waals surface area (Å²) in [6.07, 6.45) is 0. The van der Waals surface area contributed by atoms with Crippen LogP contribution in [0.2, 0.25) is 0 Å². The number of aromatic nitrogens is 2. The molecule has 0 bridgehead atoms. The first-order valence-electron chi connectivity index (χ1n) is 10.6. The molecule has 174 valence electrons. The second-order valence-corrected chi connectivity index (χ2v) is 7.78. The Bertz CT molecular complexity index is 1700. The van der Waals surface area contributed by atoms with Crippen molar-refractivity contribution in [1.82, 2.24) is 9.78 Å². The van der Waals surface area contributed by atoms with E-state index in [-0.39, 0.29) is 22.4 Å². The molecular formula is C26H18FN3O5. The molecule has 0 radical (unpaired) electrons. The van der Waals surface area contributed by atoms with Gasteiger partial charge < -0.3 is 14.5 Å². The fourth-order valence-electron chi connectivity index (χ4n) is 3.90. The molecule has 0 aliphatic carbocycles. The van der Waals surface area contributed by atoms with E-state index >= 15 is 0 Å². The molecule has 5 aromatic rings. The van der Waals surface area contributed by atoms with Crippen molar-refractivity contribution < 1.29 is 23.1 Å². The van der Waals surface area contributed by atoms with Crippen molar-refractivity contribution in [3.63, 3.8) is 0 Å². The monoisotopic (exact) mass is 471 g/mol. The highest BCUT2D eigenvalue weighted by Gasteiger charge is 2.26. The SMILES string of the molecule is COc1cccc(C(=O)c2oc3ccccc3c2NC(=O)c2nn(C)c3ccc(F)cc3c2=O)c1. The van der Waals surface area contributed by atoms with Crippen LogP contribution in [0.5, 0.6) is 5.75 Å². The first-order chi connectivity index (χ1) is 16.9. The summed E-state index contributed by atoms with van der Waals surface area (Å²) in [5.74, 6) is -1.59. The standard InChI is InChI=1S/C26H18FN3O5/c1-30-19-11-10-15(27)13-18(19)24(32)22(29-30)26(33)28-21-17-8-3-4-9-20(17)35-25(21)23(31)14-6-5-7-16(12-14)34-2/h3-13H,1-2H3,(H,28,33). The molecule has 0 saturated carbocycles. The van der Waals surface area contributed by atoms with Crippen molar-refractivity contribution in [2.45, 2.75) is 0 Å². The minimum absolute atomic E-state index is 0.0115. The Labute approximate surface area is 197 Å². The fraction of sp³-hybridized carbons (Fsp3) is 0.0769. The van der Waals surface area contributed by atoms with Crippen LogP contribution in [0.25, 0.3) is 21.9 Å². The van der Waals surface area contributed by atoms with Gasteiger partial charge in [-0.15, -0.1) is 0 Å². The third kappa shape index (κ3) is 3.82. The van der Waals surface area contributed by atoms with Gasteiger partial charge in [-0.05, 0) is 42.5 Å². The van der Waals surface area contributed by atoms with Gasteiger partial charge in [-0.25, -0.2) is 4.39 Å². The maximum absolute atomic E-state index is 13.8. The second kappa shape index (κ2) is 8.53. The van der Waals surface area contributed by atoms with E-state index in [1.54, 1.807) is 55.6 Å². The number of rotatable bonds is 5. The van der Waals surface area contributed by atoms with E-state index in [4.69, 9.17) is 9.15 Å². The Morgan fingerprint density at radius 2 is 1.83 bits per heavy atom. The van der Waals surface area contributed by atoms with Gasteiger partial charge >= 0.3 is 0 Å². The number of aryl methyl sites for hydroxylation is 1. The zero-order valence-corrected chi connectivity index (χ0v) is 18.7. The number of hydrogen-bond donors (Lipinski definition) is 1. The molecule has 0 saturated heterocycles. The van der Waals surface area contributed by atoms with Gasteiger partial charge in [0.2, 0.25) is 11.2 Å². The molecule has 0 aliphatic rings. The van der Waals surface area contributed by atoms with E-state index in [0.29, 0.717) is 22.2 Å². The van der Waals surface area contributed by atoms with Gasteiger partial charge in [-0.2, -0.15) is 5.10 Å². The van der Waals surface area contributed by atoms with E-state index < -0.39 is 28.6 Å². The fourth-order valence-corrected chi connectivity index (χ4v) is 3.90. The van der Waals surface area contributed by atoms with Crippen LogP contribution in [0.15, 0.2) is 75.9 Å². The lowest BCUT2D eigenvalue weighted by Crippen LogP contribution is -2.27. The van der Waals surface area contributed by atoms with E-state index in [9.17, 15) is 18.8 Å². The molecule has 5 rings (SSSR count). The summed E-state index contributed by atoms with van der Waals surface area (Å²) in [4.78, 5) is 39.5. The third-order valence-corrected chi connectivity index (χ3v) is 5.60. The average molecular weight is 471 g/mol. The number of carbonyl (C=O) groups excluding carboxylic acids is 2. The van der Waals surface area contributed by atoms with Gasteiger partial charge in [0.05, 0.1) is 23.7 Å². The van der Waals surface area contributed by atoms with Crippen molar-refractivity contribution in [2.24, 2.45) is 7.05 Å². The van der Waals surface area contributed by atoms with Crippen molar-refractivity contribution in [1.29, 1.82) is 0 Å². The molecule has 1 N–H and O–H groups in total. The smallest absolute Gasteiger partial charge is 0.280 e. The molecule has 0 aliphatic heterocycles. The van der Waals surface area contributed by atoms with Gasteiger partial charge in [0.1, 0.15) is 17.1 Å². The normalized spacial score (nSPS) is 11.1. The van der Waals surface area contributed by atoms with Gasteiger partial charge in [0.25, 0.3) is 5.91 Å². The highest BCUT2D eigenvalue weighted by molar-refractivity contribution is 6.18. The molecule has 8 nitrogen and oxygen atoms in total. The molecular weight excluding hydrogens is 453 g/mol. The van der Waals surface area contributed by atoms with Gasteiger partial charge in [-0.3, -0.25) is 19.1 Å². The Kier molecular flexibility index (Phi) is 5.37. The lowest BCUT2D eigenvalue weighted by molar-refractivity contribution is 0.101. The number of benzene rings is 3. The number of nitrogens with zero attached hydrogens (tertiary/aromatic N) is 2. The molecule has 0 unspecified atom stereocenters. The number of nitrogens with one attached hydrogen (secondary N) is 1. The van der Waals surface area contributed by atoms with Gasteiger partial charge in [-0.1, -0.05) is 24.3 Å². The van der Waals surface area contributed by atoms with Crippen LogP contribution in [0.3, 0.4) is 0 Å². The third-order valence-electron chi connectivity index (χ3n) is 5.60. The number of fused-ring (bicyclic) bond motifs is 2. The Balaban J connectivity index is 1.62. The summed E-state index contributed by atoms with van der Waals surface area (Å²) in [6, 6.07) is 17.0. The minimum Gasteiger partial charge on any atom is -0.497 e. The number of para-hydroxylation sites is 1. The summed E-state index contributed by atoms with van der Waals surface area (Å²) >= 11 is 0. The maximum atomic E-state index is 13.8. The quantitative estimate of drug-likeness (QED) is 0.383. The van der Waals surface area contributed by atoms with Crippen LogP contribution in [0, 0.1) is 5.82 Å². The molecule has 35 heavy (non-hydrogen) atoms. The van der Waals surface area contributed by atoms with Crippen LogP contribution < -0.4 is 15.5 Å². The van der Waals surface area contributed by atoms with Crippen molar-refractivity contribution >= 4 is 39.2 Å². The number of halogens is 1. The van der Waals surface area contributed by atoms with Crippen LogP contribution in [-0.2, 0) is 7.05 Å². The van der Waals surface area contributed by atoms with Gasteiger partial charge in [0, 0.05) is 18.0 Å². The summed E-state index contributed by atoms with van der Waals surface area (Å²) in [5.41, 5.74) is -0.0546. The highest BCUT2D eigenvalue weighted by atomic mass is 19.1. The molecule has 0 atom stereocenters. The molecule has 2 aromatic heterocycles. The zero-order chi connectivity index (χ0) is 24.7. The predicted molar refractivity (Wildman–Crippen MR) is 128 cm³/mol. The van der Waals surface area contributed by atoms with Crippen molar-refractivity contribution in [3.05, 3.63) is 99.8 Å². The number of carbonyl (C=O) groups is 2. The molecule has 2 heterocycles. The summed E-state index contributed by atoms with van der Waals surface area (Å²) in [5, 5.41) is 7.19. The molecule has 9 heteroatoms. The molecule has 0 spiro atoms. The van der Waals surface area contributed by atoms with E-state index in [2.05, 4.69) is 10.4 Å². The topological polar surface area (TPSA) is 103 Å². The minimum atomic E-state index is -0.858. The number of ketones is 1. The van der Waals surface area contributed by atoms with E-state index in [1.165, 1.54) is 23.9 Å². The summed E-state index contributed by atoms with van der Waals surface area (Å²) in [7, 11) is 3.03. The van der Waals surface area contributed by atoms with E-state index in [1.807, 2.05) is 0 Å². The maximum Gasteiger partial charge on any atom is 0.280 e. The first kappa shape index (κ1) is 22.0. The number of amides is 1. The summed E-state index contributed by atoms with van der Waals surface area (Å²) < 4.78 is 26.1. The lowest BCUT2D eigenvalue weighted by atomic mass is 10.1. The van der Waals surface area contributed by atoms with Crippen molar-refractivity contribution in [2.75, 3.05) is 12.4 Å². The number of hydrogen-bond acceptors (Lipinski definition) is 6. The van der Waals surface area contributed by atoms with Crippen LogP contribution >= 0.6 is 0 Å². The van der Waals surface area contributed by atoms with Gasteiger partial charge in [0.15, 0.2) is 11.5 Å². The number of methoxy groups -OCH3 is 1. The molecule has 1 amide bonds. The Hall–Kier alpha value is -4.79. The second-order valence-electron chi connectivity index (χ2n) is 7.78. The molecule has 0 fully saturated rings. The largest absolute Gasteiger partial charge is 0.497 e. The van der Waals surface area contributed by atoms with Crippen LogP contribution in [-0.4, -0.2) is 28.6 Å². The number of anilines is 1. The van der Waals surface area contributed by atoms with Crippen molar-refractivity contribution in [3.8, 4) is 5.75 Å². The number of furan rings is 1. The summed E-state index contributed by atoms with van der Waals surface area (Å²) in [6.45, 7) is 0. The number of ether oxygens (including phenoxy) is 1. The zero-order valence-electron chi connectivity index (χ0n) is 18.7. The predicted octanol–water partition coefficient (Wildman–Crippen LogP) is 4.31. The Morgan fingerprint density at radius 1 is 1.03 bits per heavy atom. The van der Waals surface area contributed by atoms with Crippen LogP contribution in [0.4, 0.5) is 10.1 Å². The molecule has 3 aromatic carbocycles. The van der Waals surface area contributed by atoms with Crippen LogP contribution in [0.1, 0.15) is 26.6 Å². The lowest BCUT2D eigenvalue weighted by Gasteiger charge is -2.09. The first-order valence-corrected chi connectivity index (χ1v) is 10.6. The highest BCUT2D eigenvalue weighted by Crippen LogP contribution is 2.33. The average Bonchev–Trinajstić information content (AvgIpc) is 3.23. The Morgan fingerprint density at radius 3 is 2.63 bits per heavy atom. The van der Waals surface area contributed by atoms with E-state index in [0.717, 1.165) is 6.07 Å².